The van der Waals surface area contributed by atoms with Gasteiger partial charge in [-0.3, -0.25) is 0 Å². The topological polar surface area (TPSA) is 74.4 Å². The normalized spacial score (nSPS) is 10.7. The summed E-state index contributed by atoms with van der Waals surface area (Å²) in [6, 6.07) is 5.47. The smallest absolute Gasteiger partial charge is 0.164 e. The van der Waals surface area contributed by atoms with Gasteiger partial charge < -0.3 is 9.47 Å². The van der Waals surface area contributed by atoms with Gasteiger partial charge in [0.25, 0.3) is 0 Å². The summed E-state index contributed by atoms with van der Waals surface area (Å²) in [5, 5.41) is 14.6. The summed E-state index contributed by atoms with van der Waals surface area (Å²) in [5.41, 5.74) is 0.859. The molecule has 1 aromatic heterocycles. The Hall–Kier alpha value is -2.44. The van der Waals surface area contributed by atoms with E-state index in [1.54, 1.807) is 26.5 Å². The van der Waals surface area contributed by atoms with Crippen molar-refractivity contribution in [2.45, 2.75) is 0 Å². The van der Waals surface area contributed by atoms with Crippen LogP contribution in [0.5, 0.6) is 11.5 Å². The highest BCUT2D eigenvalue weighted by Crippen LogP contribution is 2.26. The van der Waals surface area contributed by atoms with E-state index in [9.17, 15) is 0 Å². The fraction of sp³-hybridized carbons (Fsp3) is 0.200. The molecule has 2 aromatic rings. The number of hydrogen-bond donors (Lipinski definition) is 0. The maximum Gasteiger partial charge on any atom is 0.164 e. The number of rotatable bonds is 4. The van der Waals surface area contributed by atoms with Crippen molar-refractivity contribution in [3.05, 3.63) is 30.1 Å². The molecule has 1 aromatic carbocycles. The van der Waals surface area contributed by atoms with Crippen molar-refractivity contribution in [3.63, 3.8) is 0 Å². The molecule has 88 valence electrons. The third kappa shape index (κ3) is 2.57. The van der Waals surface area contributed by atoms with E-state index in [4.69, 9.17) is 9.47 Å². The first-order chi connectivity index (χ1) is 8.33. The van der Waals surface area contributed by atoms with Crippen LogP contribution in [-0.4, -0.2) is 40.8 Å². The number of methoxy groups -OCH3 is 2. The first-order valence-electron chi connectivity index (χ1n) is 4.83. The lowest BCUT2D eigenvalue weighted by molar-refractivity contribution is 0.355. The summed E-state index contributed by atoms with van der Waals surface area (Å²) in [5.74, 6) is 1.32. The number of hydrogen-bond acceptors (Lipinski definition) is 6. The van der Waals surface area contributed by atoms with Crippen LogP contribution in [0.25, 0.3) is 0 Å². The first kappa shape index (κ1) is 11.1. The molecular formula is C10H11N5O2. The molecule has 0 amide bonds. The average Bonchev–Trinajstić information content (AvgIpc) is 2.89. The maximum absolute atomic E-state index is 5.18. The number of tetrazole rings is 1. The molecule has 0 bridgehead atoms. The molecule has 0 atom stereocenters. The second-order valence-electron chi connectivity index (χ2n) is 3.09. The Bertz CT molecular complexity index is 509. The van der Waals surface area contributed by atoms with Gasteiger partial charge >= 0.3 is 0 Å². The molecule has 0 radical (unpaired) electrons. The lowest BCUT2D eigenvalue weighted by atomic mass is 10.2. The molecule has 0 fully saturated rings. The summed E-state index contributed by atoms with van der Waals surface area (Å²) >= 11 is 0. The largest absolute Gasteiger partial charge is 0.493 e. The molecule has 17 heavy (non-hydrogen) atoms. The molecule has 1 heterocycles. The third-order valence-corrected chi connectivity index (χ3v) is 2.07. The number of nitrogens with zero attached hydrogens (tertiary/aromatic N) is 5. The quantitative estimate of drug-likeness (QED) is 0.722. The Morgan fingerprint density at radius 1 is 1.24 bits per heavy atom. The Kier molecular flexibility index (Phi) is 3.29. The van der Waals surface area contributed by atoms with Crippen molar-refractivity contribution >= 4 is 6.21 Å². The zero-order valence-electron chi connectivity index (χ0n) is 9.44. The lowest BCUT2D eigenvalue weighted by Gasteiger charge is -2.07. The standard InChI is InChI=1S/C10H11N5O2/c1-16-9-4-3-8(5-10(9)17-2)6-12-15-7-11-13-14-15/h3-7H,1-2H3/b12-6+. The number of benzene rings is 1. The molecule has 0 N–H and O–H groups in total. The minimum Gasteiger partial charge on any atom is -0.493 e. The van der Waals surface area contributed by atoms with Gasteiger partial charge in [0.05, 0.1) is 20.4 Å². The van der Waals surface area contributed by atoms with Crippen LogP contribution in [0.4, 0.5) is 0 Å². The Balaban J connectivity index is 2.22. The average molecular weight is 233 g/mol. The van der Waals surface area contributed by atoms with E-state index in [0.29, 0.717) is 11.5 Å². The van der Waals surface area contributed by atoms with E-state index in [2.05, 4.69) is 20.6 Å². The highest BCUT2D eigenvalue weighted by molar-refractivity contribution is 5.80. The van der Waals surface area contributed by atoms with Crippen LogP contribution in [-0.2, 0) is 0 Å². The molecule has 0 saturated carbocycles. The molecule has 0 aliphatic heterocycles. The van der Waals surface area contributed by atoms with Crippen molar-refractivity contribution in [1.82, 2.24) is 20.3 Å². The van der Waals surface area contributed by atoms with Gasteiger partial charge in [0, 0.05) is 0 Å². The van der Waals surface area contributed by atoms with Gasteiger partial charge in [-0.25, -0.2) is 0 Å². The van der Waals surface area contributed by atoms with E-state index in [0.717, 1.165) is 5.56 Å². The van der Waals surface area contributed by atoms with Crippen LogP contribution in [0.3, 0.4) is 0 Å². The fourth-order valence-corrected chi connectivity index (χ4v) is 1.27. The highest BCUT2D eigenvalue weighted by Gasteiger charge is 2.02. The summed E-state index contributed by atoms with van der Waals surface area (Å²) in [6.07, 6.45) is 3.02. The minimum atomic E-state index is 0.646. The molecule has 0 unspecified atom stereocenters. The molecular weight excluding hydrogens is 222 g/mol. The van der Waals surface area contributed by atoms with Crippen molar-refractivity contribution in [1.29, 1.82) is 0 Å². The van der Waals surface area contributed by atoms with Crippen molar-refractivity contribution < 1.29 is 9.47 Å². The zero-order chi connectivity index (χ0) is 12.1. The fourth-order valence-electron chi connectivity index (χ4n) is 1.27. The van der Waals surface area contributed by atoms with Gasteiger partial charge in [0.15, 0.2) is 17.8 Å². The number of ether oxygens (including phenoxy) is 2. The highest BCUT2D eigenvalue weighted by atomic mass is 16.5. The lowest BCUT2D eigenvalue weighted by Crippen LogP contribution is -1.94. The molecule has 0 spiro atoms. The second kappa shape index (κ2) is 5.06. The SMILES string of the molecule is COc1ccc(/C=N/n2cnnn2)cc1OC. The Labute approximate surface area is 97.7 Å². The first-order valence-corrected chi connectivity index (χ1v) is 4.83. The molecule has 0 saturated heterocycles. The van der Waals surface area contributed by atoms with Gasteiger partial charge in [-0.1, -0.05) is 0 Å². The van der Waals surface area contributed by atoms with Gasteiger partial charge in [0.2, 0.25) is 0 Å². The summed E-state index contributed by atoms with van der Waals surface area (Å²) in [6.45, 7) is 0. The third-order valence-electron chi connectivity index (χ3n) is 2.07. The van der Waals surface area contributed by atoms with Gasteiger partial charge in [0.1, 0.15) is 0 Å². The summed E-state index contributed by atoms with van der Waals surface area (Å²) in [4.78, 5) is 1.26. The van der Waals surface area contributed by atoms with Crippen LogP contribution in [0.2, 0.25) is 0 Å². The van der Waals surface area contributed by atoms with E-state index in [1.807, 2.05) is 12.1 Å². The summed E-state index contributed by atoms with van der Waals surface area (Å²) < 4.78 is 10.3. The van der Waals surface area contributed by atoms with Gasteiger partial charge in [-0.05, 0) is 34.2 Å². The van der Waals surface area contributed by atoms with Crippen LogP contribution in [0.1, 0.15) is 5.56 Å². The maximum atomic E-state index is 5.18. The second-order valence-corrected chi connectivity index (χ2v) is 3.09. The van der Waals surface area contributed by atoms with E-state index >= 15 is 0 Å². The monoisotopic (exact) mass is 233 g/mol. The van der Waals surface area contributed by atoms with Crippen molar-refractivity contribution in [2.24, 2.45) is 5.10 Å². The van der Waals surface area contributed by atoms with Crippen LogP contribution in [0.15, 0.2) is 29.6 Å². The zero-order valence-corrected chi connectivity index (χ0v) is 9.44. The van der Waals surface area contributed by atoms with Crippen molar-refractivity contribution in [3.8, 4) is 11.5 Å². The van der Waals surface area contributed by atoms with E-state index in [-0.39, 0.29) is 0 Å². The molecule has 7 nitrogen and oxygen atoms in total. The van der Waals surface area contributed by atoms with E-state index < -0.39 is 0 Å². The predicted molar refractivity (Wildman–Crippen MR) is 60.4 cm³/mol. The van der Waals surface area contributed by atoms with Crippen LogP contribution < -0.4 is 9.47 Å². The molecule has 2 rings (SSSR count). The Morgan fingerprint density at radius 3 is 2.71 bits per heavy atom. The minimum absolute atomic E-state index is 0.646. The molecule has 0 aliphatic carbocycles. The van der Waals surface area contributed by atoms with Crippen LogP contribution in [0, 0.1) is 0 Å². The molecule has 7 heteroatoms. The predicted octanol–water partition coefficient (Wildman–Crippen LogP) is 0.572. The Morgan fingerprint density at radius 2 is 2.06 bits per heavy atom. The van der Waals surface area contributed by atoms with Gasteiger partial charge in [-0.2, -0.15) is 5.10 Å². The van der Waals surface area contributed by atoms with Gasteiger partial charge in [-0.15, -0.1) is 9.89 Å². The summed E-state index contributed by atoms with van der Waals surface area (Å²) in [7, 11) is 3.17. The number of aromatic nitrogens is 4. The molecule has 0 aliphatic rings. The van der Waals surface area contributed by atoms with Crippen molar-refractivity contribution in [2.75, 3.05) is 14.2 Å². The van der Waals surface area contributed by atoms with Crippen LogP contribution >= 0.6 is 0 Å². The van der Waals surface area contributed by atoms with E-state index in [1.165, 1.54) is 11.1 Å².